The lowest BCUT2D eigenvalue weighted by Crippen LogP contribution is -2.49. The predicted molar refractivity (Wildman–Crippen MR) is 107 cm³/mol. The van der Waals surface area contributed by atoms with Crippen LogP contribution >= 0.6 is 11.3 Å². The van der Waals surface area contributed by atoms with Crippen molar-refractivity contribution in [3.05, 3.63) is 59.0 Å². The molecule has 0 bridgehead atoms. The zero-order valence-electron chi connectivity index (χ0n) is 15.1. The maximum Gasteiger partial charge on any atom is 0.321 e. The second-order valence-corrected chi connectivity index (χ2v) is 7.84. The molecule has 0 unspecified atom stereocenters. The number of hydrogen-bond acceptors (Lipinski definition) is 4. The second kappa shape index (κ2) is 7.62. The van der Waals surface area contributed by atoms with Crippen LogP contribution < -0.4 is 5.32 Å². The average Bonchev–Trinajstić information content (AvgIpc) is 3.00. The number of aryl methyl sites for hydroxylation is 1. The number of anilines is 1. The van der Waals surface area contributed by atoms with Crippen molar-refractivity contribution in [3.8, 4) is 0 Å². The third kappa shape index (κ3) is 3.79. The largest absolute Gasteiger partial charge is 0.322 e. The number of piperazine rings is 1. The minimum Gasteiger partial charge on any atom is -0.322 e. The number of carbonyl (C=O) groups excluding carboxylic acids is 1. The average molecular weight is 384 g/mol. The minimum atomic E-state index is -0.149. The number of thiophene rings is 1. The summed E-state index contributed by atoms with van der Waals surface area (Å²) in [4.78, 5) is 21.7. The molecule has 1 aromatic carbocycles. The molecule has 1 N–H and O–H groups in total. The molecule has 2 amide bonds. The van der Waals surface area contributed by atoms with Crippen molar-refractivity contribution in [1.82, 2.24) is 14.8 Å². The first-order valence-electron chi connectivity index (χ1n) is 8.96. The third-order valence-electron chi connectivity index (χ3n) is 4.94. The molecule has 1 aliphatic heterocycles. The lowest BCUT2D eigenvalue weighted by atomic mass is 10.1. The number of urea groups is 1. The van der Waals surface area contributed by atoms with Crippen molar-refractivity contribution < 1.29 is 9.18 Å². The molecule has 3 aromatic rings. The van der Waals surface area contributed by atoms with Crippen LogP contribution in [0.5, 0.6) is 0 Å². The van der Waals surface area contributed by atoms with Gasteiger partial charge in [-0.3, -0.25) is 9.88 Å². The first-order valence-corrected chi connectivity index (χ1v) is 9.78. The summed E-state index contributed by atoms with van der Waals surface area (Å²) in [5.74, 6) is -0.149. The Balaban J connectivity index is 1.36. The van der Waals surface area contributed by atoms with Crippen LogP contribution in [0, 0.1) is 12.7 Å². The van der Waals surface area contributed by atoms with Crippen molar-refractivity contribution in [3.63, 3.8) is 0 Å². The van der Waals surface area contributed by atoms with E-state index in [1.165, 1.54) is 10.9 Å². The molecule has 7 heteroatoms. The first kappa shape index (κ1) is 17.9. The quantitative estimate of drug-likeness (QED) is 0.740. The van der Waals surface area contributed by atoms with Crippen molar-refractivity contribution >= 4 is 33.1 Å². The van der Waals surface area contributed by atoms with Crippen LogP contribution in [0.15, 0.2) is 42.7 Å². The van der Waals surface area contributed by atoms with Gasteiger partial charge >= 0.3 is 6.03 Å². The fourth-order valence-electron chi connectivity index (χ4n) is 3.40. The molecule has 0 saturated carbocycles. The van der Waals surface area contributed by atoms with Gasteiger partial charge in [0.05, 0.1) is 11.9 Å². The molecule has 1 fully saturated rings. The Morgan fingerprint density at radius 1 is 1.22 bits per heavy atom. The van der Waals surface area contributed by atoms with Gasteiger partial charge in [-0.2, -0.15) is 0 Å². The Labute approximate surface area is 161 Å². The normalized spacial score (nSPS) is 15.3. The number of hydrogen-bond donors (Lipinski definition) is 1. The molecular formula is C20H21FN4OS. The summed E-state index contributed by atoms with van der Waals surface area (Å²) < 4.78 is 15.1. The Morgan fingerprint density at radius 3 is 2.74 bits per heavy atom. The van der Waals surface area contributed by atoms with Gasteiger partial charge < -0.3 is 10.2 Å². The number of rotatable bonds is 3. The van der Waals surface area contributed by atoms with Crippen LogP contribution in [0.4, 0.5) is 14.9 Å². The van der Waals surface area contributed by atoms with Gasteiger partial charge in [0.2, 0.25) is 0 Å². The van der Waals surface area contributed by atoms with Crippen molar-refractivity contribution in [2.24, 2.45) is 0 Å². The number of halogens is 1. The summed E-state index contributed by atoms with van der Waals surface area (Å²) in [6, 6.07) is 8.78. The van der Waals surface area contributed by atoms with Crippen LogP contribution in [0.2, 0.25) is 0 Å². The van der Waals surface area contributed by atoms with Crippen LogP contribution in [-0.2, 0) is 6.54 Å². The van der Waals surface area contributed by atoms with Crippen LogP contribution in [0.25, 0.3) is 10.1 Å². The van der Waals surface area contributed by atoms with Crippen LogP contribution in [0.3, 0.4) is 0 Å². The van der Waals surface area contributed by atoms with Gasteiger partial charge in [-0.05, 0) is 36.8 Å². The molecule has 3 heterocycles. The Hall–Kier alpha value is -2.51. The standard InChI is InChI=1S/C20H21FN4OS/c1-14-18(27-17-6-2-5-16(21)19(14)17)13-24-8-10-25(11-9-24)20(26)23-15-4-3-7-22-12-15/h2-7,12H,8-11,13H2,1H3,(H,23,26). The molecule has 0 radical (unpaired) electrons. The van der Waals surface area contributed by atoms with Crippen molar-refractivity contribution in [2.45, 2.75) is 13.5 Å². The van der Waals surface area contributed by atoms with E-state index in [0.717, 1.165) is 35.3 Å². The predicted octanol–water partition coefficient (Wildman–Crippen LogP) is 4.09. The Bertz CT molecular complexity index is 951. The van der Waals surface area contributed by atoms with E-state index >= 15 is 0 Å². The molecule has 1 saturated heterocycles. The zero-order valence-corrected chi connectivity index (χ0v) is 15.9. The first-order chi connectivity index (χ1) is 13.1. The van der Waals surface area contributed by atoms with E-state index in [1.54, 1.807) is 35.9 Å². The molecule has 0 aliphatic carbocycles. The van der Waals surface area contributed by atoms with Gasteiger partial charge in [0, 0.05) is 53.9 Å². The Morgan fingerprint density at radius 2 is 2.04 bits per heavy atom. The SMILES string of the molecule is Cc1c(CN2CCN(C(=O)Nc3cccnc3)CC2)sc2cccc(F)c12. The maximum absolute atomic E-state index is 14.1. The van der Waals surface area contributed by atoms with E-state index in [1.807, 2.05) is 24.0 Å². The highest BCUT2D eigenvalue weighted by Gasteiger charge is 2.22. The van der Waals surface area contributed by atoms with Gasteiger partial charge in [0.25, 0.3) is 0 Å². The summed E-state index contributed by atoms with van der Waals surface area (Å²) in [5.41, 5.74) is 1.73. The van der Waals surface area contributed by atoms with E-state index < -0.39 is 0 Å². The van der Waals surface area contributed by atoms with Gasteiger partial charge in [0.15, 0.2) is 0 Å². The minimum absolute atomic E-state index is 0.0947. The maximum atomic E-state index is 14.1. The van der Waals surface area contributed by atoms with E-state index in [9.17, 15) is 9.18 Å². The zero-order chi connectivity index (χ0) is 18.8. The highest BCUT2D eigenvalue weighted by molar-refractivity contribution is 7.19. The molecular weight excluding hydrogens is 363 g/mol. The number of fused-ring (bicyclic) bond motifs is 1. The number of pyridine rings is 1. The van der Waals surface area contributed by atoms with E-state index in [2.05, 4.69) is 15.2 Å². The number of amides is 2. The second-order valence-electron chi connectivity index (χ2n) is 6.70. The van der Waals surface area contributed by atoms with Gasteiger partial charge in [-0.15, -0.1) is 11.3 Å². The highest BCUT2D eigenvalue weighted by atomic mass is 32.1. The highest BCUT2D eigenvalue weighted by Crippen LogP contribution is 2.33. The smallest absolute Gasteiger partial charge is 0.321 e. The molecule has 0 spiro atoms. The van der Waals surface area contributed by atoms with E-state index in [4.69, 9.17) is 0 Å². The van der Waals surface area contributed by atoms with Gasteiger partial charge in [-0.1, -0.05) is 6.07 Å². The van der Waals surface area contributed by atoms with E-state index in [-0.39, 0.29) is 11.8 Å². The molecule has 0 atom stereocenters. The van der Waals surface area contributed by atoms with Crippen molar-refractivity contribution in [1.29, 1.82) is 0 Å². The number of benzene rings is 1. The number of nitrogens with one attached hydrogen (secondary N) is 1. The lowest BCUT2D eigenvalue weighted by molar-refractivity contribution is 0.143. The molecule has 140 valence electrons. The fourth-order valence-corrected chi connectivity index (χ4v) is 4.67. The van der Waals surface area contributed by atoms with E-state index in [0.29, 0.717) is 18.8 Å². The van der Waals surface area contributed by atoms with Crippen molar-refractivity contribution in [2.75, 3.05) is 31.5 Å². The summed E-state index contributed by atoms with van der Waals surface area (Å²) >= 11 is 1.66. The lowest BCUT2D eigenvalue weighted by Gasteiger charge is -2.34. The molecule has 27 heavy (non-hydrogen) atoms. The Kier molecular flexibility index (Phi) is 5.05. The summed E-state index contributed by atoms with van der Waals surface area (Å²) in [5, 5.41) is 3.62. The fraction of sp³-hybridized carbons (Fsp3) is 0.300. The monoisotopic (exact) mass is 384 g/mol. The molecule has 2 aromatic heterocycles. The summed E-state index contributed by atoms with van der Waals surface area (Å²) in [6.45, 7) is 5.74. The van der Waals surface area contributed by atoms with Crippen LogP contribution in [0.1, 0.15) is 10.4 Å². The molecule has 1 aliphatic rings. The summed E-state index contributed by atoms with van der Waals surface area (Å²) in [6.07, 6.45) is 3.31. The number of aromatic nitrogens is 1. The topological polar surface area (TPSA) is 48.5 Å². The summed E-state index contributed by atoms with van der Waals surface area (Å²) in [7, 11) is 0. The van der Waals surface area contributed by atoms with Crippen LogP contribution in [-0.4, -0.2) is 47.0 Å². The number of nitrogens with zero attached hydrogens (tertiary/aromatic N) is 3. The molecule has 5 nitrogen and oxygen atoms in total. The van der Waals surface area contributed by atoms with Gasteiger partial charge in [-0.25, -0.2) is 9.18 Å². The number of carbonyl (C=O) groups is 1. The van der Waals surface area contributed by atoms with Gasteiger partial charge in [0.1, 0.15) is 5.82 Å². The molecule has 4 rings (SSSR count). The third-order valence-corrected chi connectivity index (χ3v) is 6.18.